The number of ether oxygens (including phenoxy) is 2. The van der Waals surface area contributed by atoms with Crippen molar-refractivity contribution < 1.29 is 14.3 Å². The summed E-state index contributed by atoms with van der Waals surface area (Å²) in [5.41, 5.74) is 2.52. The van der Waals surface area contributed by atoms with Crippen molar-refractivity contribution >= 4 is 17.5 Å². The van der Waals surface area contributed by atoms with Gasteiger partial charge in [0.2, 0.25) is 5.91 Å². The second-order valence-electron chi connectivity index (χ2n) is 6.64. The molecule has 1 aliphatic heterocycles. The summed E-state index contributed by atoms with van der Waals surface area (Å²) in [4.78, 5) is 13.2. The molecule has 0 radical (unpaired) electrons. The summed E-state index contributed by atoms with van der Waals surface area (Å²) >= 11 is 6.18. The van der Waals surface area contributed by atoms with Gasteiger partial charge < -0.3 is 14.8 Å². The first kappa shape index (κ1) is 18.9. The molecular formula is C21H24ClNO3. The predicted octanol–water partition coefficient (Wildman–Crippen LogP) is 3.85. The fourth-order valence-electron chi connectivity index (χ4n) is 3.50. The molecule has 0 atom stereocenters. The molecule has 4 nitrogen and oxygen atoms in total. The molecule has 3 rings (SSSR count). The molecule has 0 unspecified atom stereocenters. The highest BCUT2D eigenvalue weighted by atomic mass is 35.5. The van der Waals surface area contributed by atoms with Crippen LogP contribution in [0.15, 0.2) is 48.5 Å². The minimum absolute atomic E-state index is 0.0280. The molecule has 0 spiro atoms. The van der Waals surface area contributed by atoms with Gasteiger partial charge in [-0.3, -0.25) is 4.79 Å². The summed E-state index contributed by atoms with van der Waals surface area (Å²) in [6.07, 6.45) is 1.31. The van der Waals surface area contributed by atoms with Crippen molar-refractivity contribution in [1.29, 1.82) is 0 Å². The molecule has 0 aromatic heterocycles. The van der Waals surface area contributed by atoms with Crippen LogP contribution >= 0.6 is 11.6 Å². The number of carbonyl (C=O) groups is 1. The van der Waals surface area contributed by atoms with Crippen LogP contribution < -0.4 is 5.32 Å². The van der Waals surface area contributed by atoms with Crippen LogP contribution in [0.2, 0.25) is 5.02 Å². The molecule has 1 aliphatic rings. The minimum Gasteiger partial charge on any atom is -0.381 e. The van der Waals surface area contributed by atoms with Gasteiger partial charge in [-0.15, -0.1) is 0 Å². The molecule has 2 aromatic carbocycles. The summed E-state index contributed by atoms with van der Waals surface area (Å²) in [7, 11) is 1.67. The van der Waals surface area contributed by atoms with Crippen LogP contribution in [0.25, 0.3) is 0 Å². The van der Waals surface area contributed by atoms with Gasteiger partial charge in [0.1, 0.15) is 0 Å². The van der Waals surface area contributed by atoms with Crippen molar-refractivity contribution in [2.24, 2.45) is 0 Å². The highest BCUT2D eigenvalue weighted by molar-refractivity contribution is 6.30. The first-order chi connectivity index (χ1) is 12.6. The Hall–Kier alpha value is -1.88. The molecule has 1 fully saturated rings. The Balaban J connectivity index is 1.77. The topological polar surface area (TPSA) is 47.6 Å². The van der Waals surface area contributed by atoms with E-state index in [1.807, 2.05) is 42.5 Å². The largest absolute Gasteiger partial charge is 0.381 e. The Morgan fingerprint density at radius 2 is 1.88 bits per heavy atom. The van der Waals surface area contributed by atoms with Crippen molar-refractivity contribution in [2.45, 2.75) is 31.4 Å². The quantitative estimate of drug-likeness (QED) is 0.836. The molecular weight excluding hydrogens is 350 g/mol. The predicted molar refractivity (Wildman–Crippen MR) is 102 cm³/mol. The maximum absolute atomic E-state index is 13.2. The molecule has 2 aromatic rings. The van der Waals surface area contributed by atoms with Gasteiger partial charge in [-0.2, -0.15) is 0 Å². The zero-order valence-corrected chi connectivity index (χ0v) is 15.7. The molecule has 26 heavy (non-hydrogen) atoms. The van der Waals surface area contributed by atoms with Gasteiger partial charge in [0, 0.05) is 31.9 Å². The molecule has 0 bridgehead atoms. The lowest BCUT2D eigenvalue weighted by molar-refractivity contribution is -0.130. The third-order valence-corrected chi connectivity index (χ3v) is 5.15. The maximum Gasteiger partial charge on any atom is 0.231 e. The van der Waals surface area contributed by atoms with Gasteiger partial charge in [0.15, 0.2) is 0 Å². The number of rotatable bonds is 6. The summed E-state index contributed by atoms with van der Waals surface area (Å²) < 4.78 is 10.7. The maximum atomic E-state index is 13.2. The molecule has 1 N–H and O–H groups in total. The zero-order chi connectivity index (χ0) is 18.4. The summed E-state index contributed by atoms with van der Waals surface area (Å²) in [5, 5.41) is 3.77. The average molecular weight is 374 g/mol. The standard InChI is InChI=1S/C21H24ClNO3/c1-25-15-17-5-2-4-16(12-17)14-23-20(24)21(8-10-26-11-9-21)18-6-3-7-19(22)13-18/h2-7,12-13H,8-11,14-15H2,1H3,(H,23,24). The first-order valence-electron chi connectivity index (χ1n) is 8.83. The van der Waals surface area contributed by atoms with E-state index in [1.165, 1.54) is 0 Å². The highest BCUT2D eigenvalue weighted by Gasteiger charge is 2.41. The number of amides is 1. The van der Waals surface area contributed by atoms with E-state index in [0.29, 0.717) is 44.2 Å². The Bertz CT molecular complexity index is 756. The number of carbonyl (C=O) groups excluding carboxylic acids is 1. The number of nitrogens with one attached hydrogen (secondary N) is 1. The molecule has 5 heteroatoms. The Morgan fingerprint density at radius 1 is 1.15 bits per heavy atom. The smallest absolute Gasteiger partial charge is 0.231 e. The Morgan fingerprint density at radius 3 is 2.62 bits per heavy atom. The molecule has 138 valence electrons. The van der Waals surface area contributed by atoms with Crippen LogP contribution in [0.4, 0.5) is 0 Å². The van der Waals surface area contributed by atoms with Crippen molar-refractivity contribution in [3.05, 3.63) is 70.2 Å². The first-order valence-corrected chi connectivity index (χ1v) is 9.21. The fourth-order valence-corrected chi connectivity index (χ4v) is 3.69. The lowest BCUT2D eigenvalue weighted by atomic mass is 9.73. The summed E-state index contributed by atoms with van der Waals surface area (Å²) in [6, 6.07) is 15.7. The van der Waals surface area contributed by atoms with Crippen LogP contribution in [-0.2, 0) is 32.8 Å². The minimum atomic E-state index is -0.590. The van der Waals surface area contributed by atoms with E-state index in [0.717, 1.165) is 16.7 Å². The lowest BCUT2D eigenvalue weighted by Gasteiger charge is -2.36. The number of hydrogen-bond donors (Lipinski definition) is 1. The monoisotopic (exact) mass is 373 g/mol. The van der Waals surface area contributed by atoms with E-state index in [2.05, 4.69) is 11.4 Å². The van der Waals surface area contributed by atoms with Gasteiger partial charge in [-0.25, -0.2) is 0 Å². The normalized spacial score (nSPS) is 16.2. The zero-order valence-electron chi connectivity index (χ0n) is 15.0. The highest BCUT2D eigenvalue weighted by Crippen LogP contribution is 2.36. The lowest BCUT2D eigenvalue weighted by Crippen LogP contribution is -2.47. The van der Waals surface area contributed by atoms with E-state index in [-0.39, 0.29) is 5.91 Å². The molecule has 1 heterocycles. The van der Waals surface area contributed by atoms with Gasteiger partial charge in [0.05, 0.1) is 12.0 Å². The number of benzene rings is 2. The molecule has 0 aliphatic carbocycles. The average Bonchev–Trinajstić information content (AvgIpc) is 2.67. The third-order valence-electron chi connectivity index (χ3n) is 4.91. The van der Waals surface area contributed by atoms with Crippen molar-refractivity contribution in [1.82, 2.24) is 5.32 Å². The number of hydrogen-bond acceptors (Lipinski definition) is 3. The van der Waals surface area contributed by atoms with E-state index >= 15 is 0 Å². The van der Waals surface area contributed by atoms with Crippen LogP contribution in [0.3, 0.4) is 0 Å². The number of methoxy groups -OCH3 is 1. The van der Waals surface area contributed by atoms with Crippen molar-refractivity contribution in [2.75, 3.05) is 20.3 Å². The van der Waals surface area contributed by atoms with Gasteiger partial charge in [0.25, 0.3) is 0 Å². The summed E-state index contributed by atoms with van der Waals surface area (Å²) in [5.74, 6) is 0.0280. The Kier molecular flexibility index (Phi) is 6.30. The molecule has 0 saturated carbocycles. The van der Waals surface area contributed by atoms with Crippen molar-refractivity contribution in [3.63, 3.8) is 0 Å². The van der Waals surface area contributed by atoms with E-state index in [1.54, 1.807) is 7.11 Å². The van der Waals surface area contributed by atoms with Crippen LogP contribution in [0, 0.1) is 0 Å². The van der Waals surface area contributed by atoms with Crippen LogP contribution in [0.5, 0.6) is 0 Å². The van der Waals surface area contributed by atoms with Crippen LogP contribution in [-0.4, -0.2) is 26.2 Å². The SMILES string of the molecule is COCc1cccc(CNC(=O)C2(c3cccc(Cl)c3)CCOCC2)c1. The molecule has 1 saturated heterocycles. The van der Waals surface area contributed by atoms with E-state index in [9.17, 15) is 4.79 Å². The van der Waals surface area contributed by atoms with Gasteiger partial charge >= 0.3 is 0 Å². The van der Waals surface area contributed by atoms with Crippen molar-refractivity contribution in [3.8, 4) is 0 Å². The van der Waals surface area contributed by atoms with E-state index < -0.39 is 5.41 Å². The second kappa shape index (κ2) is 8.67. The summed E-state index contributed by atoms with van der Waals surface area (Å²) in [6.45, 7) is 2.19. The second-order valence-corrected chi connectivity index (χ2v) is 7.08. The van der Waals surface area contributed by atoms with Gasteiger partial charge in [-0.1, -0.05) is 48.0 Å². The fraction of sp³-hybridized carbons (Fsp3) is 0.381. The number of halogens is 1. The van der Waals surface area contributed by atoms with Crippen LogP contribution in [0.1, 0.15) is 29.5 Å². The van der Waals surface area contributed by atoms with E-state index in [4.69, 9.17) is 21.1 Å². The third kappa shape index (κ3) is 4.26. The van der Waals surface area contributed by atoms with Gasteiger partial charge in [-0.05, 0) is 41.7 Å². The Labute approximate surface area is 159 Å². The molecule has 1 amide bonds.